The van der Waals surface area contributed by atoms with Gasteiger partial charge < -0.3 is 0 Å². The number of amides is 1. The van der Waals surface area contributed by atoms with E-state index in [0.717, 1.165) is 45.3 Å². The van der Waals surface area contributed by atoms with Crippen LogP contribution in [0.25, 0.3) is 16.7 Å². The molecule has 1 aromatic carbocycles. The number of halogens is 1. The Morgan fingerprint density at radius 3 is 2.83 bits per heavy atom. The fourth-order valence-corrected chi connectivity index (χ4v) is 3.86. The third-order valence-corrected chi connectivity index (χ3v) is 5.72. The third-order valence-electron chi connectivity index (χ3n) is 5.32. The van der Waals surface area contributed by atoms with Gasteiger partial charge in [0.15, 0.2) is 0 Å². The van der Waals surface area contributed by atoms with E-state index in [4.69, 9.17) is 4.99 Å². The van der Waals surface area contributed by atoms with Crippen LogP contribution in [0.4, 0.5) is 0 Å². The molecule has 3 heterocycles. The van der Waals surface area contributed by atoms with Gasteiger partial charge in [-0.25, -0.2) is 0 Å². The second-order valence-electron chi connectivity index (χ2n) is 7.51. The monoisotopic (exact) mass is 462 g/mol. The van der Waals surface area contributed by atoms with E-state index in [1.807, 2.05) is 55.2 Å². The first-order chi connectivity index (χ1) is 14.6. The number of aromatic nitrogens is 4. The molecule has 3 aromatic heterocycles. The summed E-state index contributed by atoms with van der Waals surface area (Å²) in [5.74, 6) is 2.07. The molecule has 2 N–H and O–H groups in total. The van der Waals surface area contributed by atoms with E-state index < -0.39 is 0 Å². The first-order valence-corrected chi connectivity index (χ1v) is 10.7. The van der Waals surface area contributed by atoms with E-state index in [1.54, 1.807) is 6.20 Å². The van der Waals surface area contributed by atoms with E-state index in [9.17, 15) is 4.79 Å². The van der Waals surface area contributed by atoms with Gasteiger partial charge >= 0.3 is 182 Å². The van der Waals surface area contributed by atoms with Gasteiger partial charge in [-0.05, 0) is 0 Å². The maximum absolute atomic E-state index is 12.2. The summed E-state index contributed by atoms with van der Waals surface area (Å²) in [6, 6.07) is 10.0. The first kappa shape index (κ1) is 19.1. The van der Waals surface area contributed by atoms with E-state index in [1.165, 1.54) is 0 Å². The molecule has 1 amide bonds. The van der Waals surface area contributed by atoms with Gasteiger partial charge in [0.05, 0.1) is 0 Å². The number of nitrogens with one attached hydrogen (secondary N) is 2. The molecule has 5 rings (SSSR count). The Kier molecular flexibility index (Phi) is 4.90. The number of nitrogens with zero attached hydrogens (tertiary/aromatic N) is 4. The summed E-state index contributed by atoms with van der Waals surface area (Å²) < 4.78 is 4.75. The molecule has 30 heavy (non-hydrogen) atoms. The Labute approximate surface area is 182 Å². The first-order valence-electron chi connectivity index (χ1n) is 9.87. The minimum absolute atomic E-state index is 0.00216. The molecule has 0 spiro atoms. The zero-order valence-electron chi connectivity index (χ0n) is 16.5. The van der Waals surface area contributed by atoms with E-state index in [-0.39, 0.29) is 5.91 Å². The molecule has 150 valence electrons. The number of hydrogen-bond donors (Lipinski definition) is 2. The van der Waals surface area contributed by atoms with Crippen molar-refractivity contribution < 1.29 is 4.79 Å². The van der Waals surface area contributed by atoms with Gasteiger partial charge in [0, 0.05) is 0 Å². The Morgan fingerprint density at radius 2 is 2.13 bits per heavy atom. The van der Waals surface area contributed by atoms with Crippen LogP contribution in [0, 0.1) is 0 Å². The SMILES string of the molecule is Cn1nccc1CN=c1[nH]c(Br)cn2c(-c3ccc(C(=O)NC4CC4)cc3)cbc12. The standard InChI is InChI=1S/C21H20BBrN6O/c1-28-16(8-9-25-28)11-24-20-19-22-10-17(29(19)12-18(23)27-20)13-2-4-14(5-3-13)21(30)26-15-6-7-15/h2-5,8-10,12,15H,6-7,11H2,1H3,(H,24,27)(H,26,30). The Bertz CT molecular complexity index is 1300. The van der Waals surface area contributed by atoms with Crippen molar-refractivity contribution in [2.45, 2.75) is 25.4 Å². The topological polar surface area (TPSA) is 79.5 Å². The number of benzene rings is 1. The predicted octanol–water partition coefficient (Wildman–Crippen LogP) is 2.76. The Hall–Kier alpha value is -2.94. The fourth-order valence-electron chi connectivity index (χ4n) is 3.46. The summed E-state index contributed by atoms with van der Waals surface area (Å²) in [4.78, 5) is 20.3. The molecule has 9 heteroatoms. The molecule has 1 saturated carbocycles. The van der Waals surface area contributed by atoms with Crippen LogP contribution < -0.4 is 10.8 Å². The summed E-state index contributed by atoms with van der Waals surface area (Å²) in [5, 5.41) is 7.22. The molecule has 0 unspecified atom stereocenters. The van der Waals surface area contributed by atoms with Gasteiger partial charge in [0.25, 0.3) is 0 Å². The summed E-state index contributed by atoms with van der Waals surface area (Å²) in [7, 11) is 1.91. The zero-order chi connectivity index (χ0) is 20.7. The number of aryl methyl sites for hydroxylation is 1. The van der Waals surface area contributed by atoms with Crippen molar-refractivity contribution in [3.63, 3.8) is 0 Å². The van der Waals surface area contributed by atoms with Crippen LogP contribution >= 0.6 is 15.9 Å². The van der Waals surface area contributed by atoms with Crippen molar-refractivity contribution in [1.29, 1.82) is 0 Å². The number of aromatic amines is 1. The van der Waals surface area contributed by atoms with Crippen LogP contribution in [0.3, 0.4) is 0 Å². The van der Waals surface area contributed by atoms with Gasteiger partial charge in [0.2, 0.25) is 0 Å². The molecule has 0 bridgehead atoms. The molecule has 1 aliphatic carbocycles. The molecule has 0 radical (unpaired) electrons. The zero-order valence-corrected chi connectivity index (χ0v) is 18.1. The number of H-pyrrole nitrogens is 1. The summed E-state index contributed by atoms with van der Waals surface area (Å²) in [6.45, 7) is 2.58. The second-order valence-corrected chi connectivity index (χ2v) is 8.37. The number of hydrogen-bond acceptors (Lipinski definition) is 3. The molecule has 0 aliphatic heterocycles. The van der Waals surface area contributed by atoms with Crippen LogP contribution in [0.5, 0.6) is 0 Å². The van der Waals surface area contributed by atoms with E-state index in [2.05, 4.69) is 41.7 Å². The molecular weight excluding hydrogens is 443 g/mol. The number of carbonyl (C=O) groups is 1. The molecule has 1 fully saturated rings. The predicted molar refractivity (Wildman–Crippen MR) is 119 cm³/mol. The average Bonchev–Trinajstić information content (AvgIpc) is 3.30. The van der Waals surface area contributed by atoms with Gasteiger partial charge in [-0.15, -0.1) is 0 Å². The average molecular weight is 463 g/mol. The van der Waals surface area contributed by atoms with Crippen molar-refractivity contribution in [1.82, 2.24) is 24.5 Å². The van der Waals surface area contributed by atoms with Gasteiger partial charge in [-0.2, -0.15) is 0 Å². The molecule has 1 aliphatic rings. The van der Waals surface area contributed by atoms with E-state index >= 15 is 0 Å². The van der Waals surface area contributed by atoms with Crippen LogP contribution in [0.1, 0.15) is 28.9 Å². The van der Waals surface area contributed by atoms with Crippen LogP contribution in [0.15, 0.2) is 58.3 Å². The summed E-state index contributed by atoms with van der Waals surface area (Å²) >= 11 is 3.56. The minimum atomic E-state index is -0.00216. The molecule has 7 nitrogen and oxygen atoms in total. The molecule has 0 atom stereocenters. The van der Waals surface area contributed by atoms with Gasteiger partial charge in [-0.3, -0.25) is 0 Å². The summed E-state index contributed by atoms with van der Waals surface area (Å²) in [6.07, 6.45) is 5.93. The van der Waals surface area contributed by atoms with Crippen LogP contribution in [0.2, 0.25) is 0 Å². The molecule has 4 aromatic rings. The normalized spacial score (nSPS) is 14.3. The van der Waals surface area contributed by atoms with Crippen LogP contribution in [-0.4, -0.2) is 38.0 Å². The second kappa shape index (κ2) is 7.72. The van der Waals surface area contributed by atoms with Gasteiger partial charge in [-0.1, -0.05) is 0 Å². The van der Waals surface area contributed by atoms with Crippen molar-refractivity contribution in [3.8, 4) is 11.3 Å². The molecular formula is C21H20BBrN6O. The number of rotatable bonds is 5. The van der Waals surface area contributed by atoms with Crippen LogP contribution in [-0.2, 0) is 13.6 Å². The fraction of sp³-hybridized carbons (Fsp3) is 0.238. The van der Waals surface area contributed by atoms with Crippen molar-refractivity contribution >= 4 is 34.2 Å². The van der Waals surface area contributed by atoms with Gasteiger partial charge in [0.1, 0.15) is 0 Å². The maximum atomic E-state index is 12.2. The van der Waals surface area contributed by atoms with Crippen molar-refractivity contribution in [3.05, 3.63) is 70.0 Å². The van der Waals surface area contributed by atoms with E-state index in [0.29, 0.717) is 18.2 Å². The van der Waals surface area contributed by atoms with Crippen molar-refractivity contribution in [2.24, 2.45) is 12.0 Å². The number of fused-ring (bicyclic) bond motifs is 1. The number of carbonyl (C=O) groups excluding carboxylic acids is 1. The van der Waals surface area contributed by atoms with Crippen molar-refractivity contribution in [2.75, 3.05) is 0 Å². The third kappa shape index (κ3) is 3.77. The quantitative estimate of drug-likeness (QED) is 0.478. The summed E-state index contributed by atoms with van der Waals surface area (Å²) in [5.41, 5.74) is 5.56. The Balaban J connectivity index is 1.49. The Morgan fingerprint density at radius 1 is 1.33 bits per heavy atom. The molecule has 0 saturated heterocycles.